The molecule has 1 fully saturated rings. The van der Waals surface area contributed by atoms with E-state index in [0.29, 0.717) is 17.0 Å². The third kappa shape index (κ3) is 3.40. The van der Waals surface area contributed by atoms with E-state index in [9.17, 15) is 9.59 Å². The summed E-state index contributed by atoms with van der Waals surface area (Å²) >= 11 is 0. The highest BCUT2D eigenvalue weighted by Gasteiger charge is 2.29. The predicted molar refractivity (Wildman–Crippen MR) is 86.2 cm³/mol. The average molecular weight is 304 g/mol. The molecule has 2 rings (SSSR count). The number of methoxy groups -OCH3 is 1. The molecule has 1 aliphatic heterocycles. The number of nitrogens with zero attached hydrogens (tertiary/aromatic N) is 1. The molecule has 0 aromatic heterocycles. The van der Waals surface area contributed by atoms with Gasteiger partial charge in [-0.1, -0.05) is 0 Å². The minimum absolute atomic E-state index is 0.00829. The fourth-order valence-corrected chi connectivity index (χ4v) is 3.10. The maximum atomic E-state index is 12.8. The summed E-state index contributed by atoms with van der Waals surface area (Å²) in [7, 11) is 1.54. The van der Waals surface area contributed by atoms with Gasteiger partial charge in [0, 0.05) is 24.6 Å². The quantitative estimate of drug-likeness (QED) is 0.933. The van der Waals surface area contributed by atoms with Gasteiger partial charge >= 0.3 is 0 Å². The van der Waals surface area contributed by atoms with Crippen LogP contribution in [0.2, 0.25) is 0 Å². The summed E-state index contributed by atoms with van der Waals surface area (Å²) in [6, 6.07) is 5.64. The summed E-state index contributed by atoms with van der Waals surface area (Å²) in [6.07, 6.45) is 3.22. The molecule has 0 aliphatic carbocycles. The van der Waals surface area contributed by atoms with Crippen LogP contribution in [0.4, 0.5) is 5.69 Å². The Labute approximate surface area is 131 Å². The normalized spacial score (nSPS) is 21.4. The van der Waals surface area contributed by atoms with Crippen LogP contribution >= 0.6 is 0 Å². The average Bonchev–Trinajstić information content (AvgIpc) is 2.46. The van der Waals surface area contributed by atoms with Gasteiger partial charge in [-0.2, -0.15) is 0 Å². The molecule has 1 saturated heterocycles. The summed E-state index contributed by atoms with van der Waals surface area (Å²) in [5.41, 5.74) is 1.10. The zero-order valence-corrected chi connectivity index (χ0v) is 13.7. The van der Waals surface area contributed by atoms with Crippen molar-refractivity contribution < 1.29 is 14.3 Å². The van der Waals surface area contributed by atoms with Crippen LogP contribution in [-0.4, -0.2) is 35.9 Å². The van der Waals surface area contributed by atoms with Gasteiger partial charge in [0.15, 0.2) is 0 Å². The van der Waals surface area contributed by atoms with Crippen LogP contribution in [0.3, 0.4) is 0 Å². The first kappa shape index (κ1) is 16.3. The van der Waals surface area contributed by atoms with Gasteiger partial charge in [-0.15, -0.1) is 0 Å². The third-order valence-corrected chi connectivity index (χ3v) is 4.19. The smallest absolute Gasteiger partial charge is 0.254 e. The molecule has 0 radical (unpaired) electrons. The van der Waals surface area contributed by atoms with Crippen molar-refractivity contribution in [2.75, 3.05) is 12.4 Å². The highest BCUT2D eigenvalue weighted by molar-refractivity contribution is 5.98. The number of hydrogen-bond donors (Lipinski definition) is 1. The third-order valence-electron chi connectivity index (χ3n) is 4.19. The summed E-state index contributed by atoms with van der Waals surface area (Å²) < 4.78 is 5.23. The molecule has 1 aromatic carbocycles. The number of carbonyl (C=O) groups is 2. The first-order valence-electron chi connectivity index (χ1n) is 7.72. The highest BCUT2D eigenvalue weighted by Crippen LogP contribution is 2.29. The van der Waals surface area contributed by atoms with E-state index in [-0.39, 0.29) is 23.9 Å². The van der Waals surface area contributed by atoms with E-state index in [1.165, 1.54) is 14.0 Å². The van der Waals surface area contributed by atoms with Crippen molar-refractivity contribution >= 4 is 17.5 Å². The lowest BCUT2D eigenvalue weighted by molar-refractivity contribution is -0.114. The van der Waals surface area contributed by atoms with Gasteiger partial charge in [0.1, 0.15) is 5.75 Å². The van der Waals surface area contributed by atoms with E-state index in [1.807, 2.05) is 4.90 Å². The lowest BCUT2D eigenvalue weighted by Crippen LogP contribution is -2.47. The molecular formula is C17H24N2O3. The van der Waals surface area contributed by atoms with Crippen LogP contribution in [-0.2, 0) is 4.79 Å². The number of benzene rings is 1. The number of piperidine rings is 1. The van der Waals surface area contributed by atoms with Gasteiger partial charge in [0.25, 0.3) is 5.91 Å². The monoisotopic (exact) mass is 304 g/mol. The maximum absolute atomic E-state index is 12.8. The number of anilines is 1. The van der Waals surface area contributed by atoms with Gasteiger partial charge in [0.05, 0.1) is 12.8 Å². The zero-order valence-electron chi connectivity index (χ0n) is 13.7. The van der Waals surface area contributed by atoms with Crippen molar-refractivity contribution in [2.24, 2.45) is 0 Å². The molecule has 1 aromatic rings. The Morgan fingerprint density at radius 1 is 1.23 bits per heavy atom. The molecule has 1 heterocycles. The van der Waals surface area contributed by atoms with E-state index >= 15 is 0 Å². The first-order valence-corrected chi connectivity index (χ1v) is 7.72. The Bertz CT molecular complexity index is 561. The van der Waals surface area contributed by atoms with Crippen LogP contribution < -0.4 is 10.1 Å². The number of likely N-dealkylation sites (tertiary alicyclic amines) is 1. The standard InChI is InChI=1S/C17H24N2O3/c1-11-6-5-7-12(2)19(11)17(21)14-8-9-16(22-4)15(10-14)18-13(3)20/h8-12H,5-7H2,1-4H3,(H,18,20). The van der Waals surface area contributed by atoms with Gasteiger partial charge < -0.3 is 15.0 Å². The molecule has 1 aliphatic rings. The number of nitrogens with one attached hydrogen (secondary N) is 1. The van der Waals surface area contributed by atoms with Crippen molar-refractivity contribution in [3.05, 3.63) is 23.8 Å². The number of hydrogen-bond acceptors (Lipinski definition) is 3. The highest BCUT2D eigenvalue weighted by atomic mass is 16.5. The van der Waals surface area contributed by atoms with Crippen LogP contribution in [0, 0.1) is 0 Å². The summed E-state index contributed by atoms with van der Waals surface area (Å²) in [6.45, 7) is 5.61. The molecule has 5 nitrogen and oxygen atoms in total. The molecule has 0 bridgehead atoms. The molecule has 2 unspecified atom stereocenters. The van der Waals surface area contributed by atoms with Crippen LogP contribution in [0.15, 0.2) is 18.2 Å². The maximum Gasteiger partial charge on any atom is 0.254 e. The van der Waals surface area contributed by atoms with E-state index in [4.69, 9.17) is 4.74 Å². The Kier molecular flexibility index (Phi) is 5.06. The Balaban J connectivity index is 2.31. The second kappa shape index (κ2) is 6.81. The van der Waals surface area contributed by atoms with Crippen molar-refractivity contribution in [1.82, 2.24) is 4.90 Å². The fourth-order valence-electron chi connectivity index (χ4n) is 3.10. The molecule has 1 N–H and O–H groups in total. The van der Waals surface area contributed by atoms with Crippen molar-refractivity contribution in [1.29, 1.82) is 0 Å². The molecular weight excluding hydrogens is 280 g/mol. The predicted octanol–water partition coefficient (Wildman–Crippen LogP) is 3.06. The largest absolute Gasteiger partial charge is 0.495 e. The second-order valence-corrected chi connectivity index (χ2v) is 5.94. The van der Waals surface area contributed by atoms with Crippen LogP contribution in [0.5, 0.6) is 5.75 Å². The lowest BCUT2D eigenvalue weighted by atomic mass is 9.96. The SMILES string of the molecule is COc1ccc(C(=O)N2C(C)CCCC2C)cc1NC(C)=O. The second-order valence-electron chi connectivity index (χ2n) is 5.94. The number of ether oxygens (including phenoxy) is 1. The molecule has 5 heteroatoms. The Morgan fingerprint density at radius 3 is 2.41 bits per heavy atom. The Morgan fingerprint density at radius 2 is 1.86 bits per heavy atom. The van der Waals surface area contributed by atoms with Gasteiger partial charge in [-0.25, -0.2) is 0 Å². The summed E-state index contributed by atoms with van der Waals surface area (Å²) in [5, 5.41) is 2.71. The topological polar surface area (TPSA) is 58.6 Å². The Hall–Kier alpha value is -2.04. The molecule has 0 spiro atoms. The first-order chi connectivity index (χ1) is 10.4. The van der Waals surface area contributed by atoms with Crippen molar-refractivity contribution in [3.63, 3.8) is 0 Å². The van der Waals surface area contributed by atoms with Gasteiger partial charge in [0.2, 0.25) is 5.91 Å². The number of carbonyl (C=O) groups excluding carboxylic acids is 2. The number of amides is 2. The van der Waals surface area contributed by atoms with E-state index in [0.717, 1.165) is 19.3 Å². The minimum atomic E-state index is -0.192. The van der Waals surface area contributed by atoms with Crippen molar-refractivity contribution in [3.8, 4) is 5.75 Å². The fraction of sp³-hybridized carbons (Fsp3) is 0.529. The number of rotatable bonds is 3. The zero-order chi connectivity index (χ0) is 16.3. The van der Waals surface area contributed by atoms with Crippen LogP contribution in [0.25, 0.3) is 0 Å². The summed E-state index contributed by atoms with van der Waals surface area (Å²) in [5.74, 6) is 0.364. The lowest BCUT2D eigenvalue weighted by Gasteiger charge is -2.39. The molecule has 0 saturated carbocycles. The molecule has 2 atom stereocenters. The molecule has 2 amide bonds. The van der Waals surface area contributed by atoms with Crippen LogP contribution in [0.1, 0.15) is 50.4 Å². The van der Waals surface area contributed by atoms with E-state index < -0.39 is 0 Å². The summed E-state index contributed by atoms with van der Waals surface area (Å²) in [4.78, 5) is 26.1. The van der Waals surface area contributed by atoms with Gasteiger partial charge in [-0.05, 0) is 51.3 Å². The van der Waals surface area contributed by atoms with E-state index in [1.54, 1.807) is 18.2 Å². The van der Waals surface area contributed by atoms with Crippen molar-refractivity contribution in [2.45, 2.75) is 52.1 Å². The van der Waals surface area contributed by atoms with E-state index in [2.05, 4.69) is 19.2 Å². The molecule has 22 heavy (non-hydrogen) atoms. The molecule has 120 valence electrons. The van der Waals surface area contributed by atoms with Gasteiger partial charge in [-0.3, -0.25) is 9.59 Å². The minimum Gasteiger partial charge on any atom is -0.495 e.